The predicted molar refractivity (Wildman–Crippen MR) is 136 cm³/mol. The van der Waals surface area contributed by atoms with Gasteiger partial charge in [0.1, 0.15) is 29.6 Å². The van der Waals surface area contributed by atoms with Gasteiger partial charge in [0.25, 0.3) is 0 Å². The topological polar surface area (TPSA) is 97.4 Å². The lowest BCUT2D eigenvalue weighted by Crippen LogP contribution is -2.10. The smallest absolute Gasteiger partial charge is 0.343 e. The summed E-state index contributed by atoms with van der Waals surface area (Å²) in [6, 6.07) is 19.1. The van der Waals surface area contributed by atoms with E-state index in [0.29, 0.717) is 53.8 Å². The van der Waals surface area contributed by atoms with Gasteiger partial charge in [-0.25, -0.2) is 14.4 Å². The molecule has 3 aromatic rings. The van der Waals surface area contributed by atoms with Gasteiger partial charge < -0.3 is 23.7 Å². The molecule has 0 radical (unpaired) electrons. The second-order valence-corrected chi connectivity index (χ2v) is 7.47. The Bertz CT molecular complexity index is 1210. The third kappa shape index (κ3) is 8.70. The van der Waals surface area contributed by atoms with Crippen LogP contribution in [-0.4, -0.2) is 37.7 Å². The van der Waals surface area contributed by atoms with Gasteiger partial charge >= 0.3 is 17.9 Å². The van der Waals surface area contributed by atoms with Gasteiger partial charge in [-0.15, -0.1) is 0 Å². The van der Waals surface area contributed by atoms with Crippen molar-refractivity contribution < 1.29 is 38.1 Å². The molecule has 0 spiro atoms. The third-order valence-electron chi connectivity index (χ3n) is 4.76. The highest BCUT2D eigenvalue weighted by Crippen LogP contribution is 2.21. The van der Waals surface area contributed by atoms with Gasteiger partial charge in [0, 0.05) is 12.5 Å². The van der Waals surface area contributed by atoms with Crippen molar-refractivity contribution in [2.24, 2.45) is 0 Å². The highest BCUT2D eigenvalue weighted by molar-refractivity contribution is 5.92. The van der Waals surface area contributed by atoms with Gasteiger partial charge in [-0.05, 0) is 72.8 Å². The highest BCUT2D eigenvalue weighted by Gasteiger charge is 2.11. The normalized spacial score (nSPS) is 10.1. The SMILES string of the molecule is C=CCOc1ccc(C(=O)Oc2ccc(OC(=O)c3ccc(OCCCOC(=O)C=C)cc3)cc2)cc1. The van der Waals surface area contributed by atoms with Crippen LogP contribution in [0, 0.1) is 0 Å². The molecule has 190 valence electrons. The Labute approximate surface area is 214 Å². The number of esters is 3. The Kier molecular flexibility index (Phi) is 10.0. The molecule has 0 N–H and O–H groups in total. The van der Waals surface area contributed by atoms with Gasteiger partial charge in [0.2, 0.25) is 0 Å². The van der Waals surface area contributed by atoms with Gasteiger partial charge in [-0.1, -0.05) is 19.2 Å². The van der Waals surface area contributed by atoms with Crippen molar-refractivity contribution in [3.8, 4) is 23.0 Å². The quantitative estimate of drug-likeness (QED) is 0.104. The molecule has 0 atom stereocenters. The van der Waals surface area contributed by atoms with Crippen LogP contribution in [0.25, 0.3) is 0 Å². The van der Waals surface area contributed by atoms with Crippen molar-refractivity contribution >= 4 is 17.9 Å². The molecule has 0 aliphatic carbocycles. The van der Waals surface area contributed by atoms with Crippen LogP contribution in [0.4, 0.5) is 0 Å². The average molecular weight is 503 g/mol. The standard InChI is InChI=1S/C29H26O8/c1-3-18-33-23-10-6-21(7-11-23)28(31)36-25-14-16-26(17-15-25)37-29(32)22-8-12-24(13-9-22)34-19-5-20-35-27(30)4-2/h3-4,6-17H,1-2,5,18-20H2. The lowest BCUT2D eigenvalue weighted by atomic mass is 10.2. The van der Waals surface area contributed by atoms with Crippen molar-refractivity contribution in [1.82, 2.24) is 0 Å². The molecule has 0 fully saturated rings. The number of hydrogen-bond acceptors (Lipinski definition) is 8. The molecule has 0 amide bonds. The maximum Gasteiger partial charge on any atom is 0.343 e. The Morgan fingerprint density at radius 2 is 1.08 bits per heavy atom. The zero-order chi connectivity index (χ0) is 26.5. The molecule has 0 heterocycles. The second kappa shape index (κ2) is 13.9. The van der Waals surface area contributed by atoms with E-state index in [2.05, 4.69) is 13.2 Å². The number of carbonyl (C=O) groups is 3. The summed E-state index contributed by atoms with van der Waals surface area (Å²) >= 11 is 0. The fraction of sp³-hybridized carbons (Fsp3) is 0.138. The van der Waals surface area contributed by atoms with Crippen molar-refractivity contribution in [2.45, 2.75) is 6.42 Å². The fourth-order valence-corrected chi connectivity index (χ4v) is 2.92. The van der Waals surface area contributed by atoms with E-state index >= 15 is 0 Å². The van der Waals surface area contributed by atoms with Gasteiger partial charge in [0.05, 0.1) is 24.3 Å². The first-order valence-electron chi connectivity index (χ1n) is 11.4. The van der Waals surface area contributed by atoms with E-state index in [4.69, 9.17) is 23.7 Å². The molecule has 0 saturated carbocycles. The van der Waals surface area contributed by atoms with E-state index in [0.717, 1.165) is 6.08 Å². The van der Waals surface area contributed by atoms with Crippen LogP contribution < -0.4 is 18.9 Å². The maximum absolute atomic E-state index is 12.4. The first-order valence-corrected chi connectivity index (χ1v) is 11.4. The van der Waals surface area contributed by atoms with Crippen LogP contribution in [0.1, 0.15) is 27.1 Å². The lowest BCUT2D eigenvalue weighted by Gasteiger charge is -2.09. The van der Waals surface area contributed by atoms with E-state index in [1.807, 2.05) is 0 Å². The van der Waals surface area contributed by atoms with E-state index in [9.17, 15) is 14.4 Å². The third-order valence-corrected chi connectivity index (χ3v) is 4.76. The number of rotatable bonds is 13. The Morgan fingerprint density at radius 3 is 1.54 bits per heavy atom. The first kappa shape index (κ1) is 26.7. The van der Waals surface area contributed by atoms with Gasteiger partial charge in [-0.2, -0.15) is 0 Å². The molecule has 0 aromatic heterocycles. The molecule has 0 unspecified atom stereocenters. The summed E-state index contributed by atoms with van der Waals surface area (Å²) < 4.78 is 26.6. The summed E-state index contributed by atoms with van der Waals surface area (Å²) in [5.74, 6) is 0.229. The minimum absolute atomic E-state index is 0.228. The molecule has 37 heavy (non-hydrogen) atoms. The van der Waals surface area contributed by atoms with Crippen molar-refractivity contribution in [3.63, 3.8) is 0 Å². The Hall–Kier alpha value is -4.85. The van der Waals surface area contributed by atoms with Crippen LogP contribution in [0.5, 0.6) is 23.0 Å². The molecule has 0 bridgehead atoms. The number of hydrogen-bond donors (Lipinski definition) is 0. The van der Waals surface area contributed by atoms with Crippen LogP contribution in [0.2, 0.25) is 0 Å². The van der Waals surface area contributed by atoms with Crippen molar-refractivity contribution in [3.05, 3.63) is 109 Å². The number of ether oxygens (including phenoxy) is 5. The second-order valence-electron chi connectivity index (χ2n) is 7.47. The van der Waals surface area contributed by atoms with Crippen LogP contribution in [0.3, 0.4) is 0 Å². The molecule has 8 heteroatoms. The molecular weight excluding hydrogens is 476 g/mol. The highest BCUT2D eigenvalue weighted by atomic mass is 16.5. The molecule has 0 saturated heterocycles. The van der Waals surface area contributed by atoms with Crippen molar-refractivity contribution in [1.29, 1.82) is 0 Å². The van der Waals surface area contributed by atoms with E-state index in [-0.39, 0.29) is 6.61 Å². The van der Waals surface area contributed by atoms with Gasteiger partial charge in [0.15, 0.2) is 0 Å². The minimum Gasteiger partial charge on any atom is -0.493 e. The summed E-state index contributed by atoms with van der Waals surface area (Å²) in [7, 11) is 0. The lowest BCUT2D eigenvalue weighted by molar-refractivity contribution is -0.137. The Balaban J connectivity index is 1.45. The van der Waals surface area contributed by atoms with E-state index in [1.165, 1.54) is 24.3 Å². The minimum atomic E-state index is -0.550. The Morgan fingerprint density at radius 1 is 0.622 bits per heavy atom. The molecule has 0 aliphatic rings. The fourth-order valence-electron chi connectivity index (χ4n) is 2.92. The van der Waals surface area contributed by atoms with Crippen molar-refractivity contribution in [2.75, 3.05) is 19.8 Å². The van der Waals surface area contributed by atoms with E-state index < -0.39 is 17.9 Å². The summed E-state index contributed by atoms with van der Waals surface area (Å²) in [5, 5.41) is 0. The van der Waals surface area contributed by atoms with Gasteiger partial charge in [-0.3, -0.25) is 0 Å². The monoisotopic (exact) mass is 502 g/mol. The summed E-state index contributed by atoms with van der Waals surface area (Å²) in [6.07, 6.45) is 3.25. The predicted octanol–water partition coefficient (Wildman–Crippen LogP) is 5.19. The molecule has 0 aliphatic heterocycles. The zero-order valence-electron chi connectivity index (χ0n) is 20.1. The zero-order valence-corrected chi connectivity index (χ0v) is 20.1. The maximum atomic E-state index is 12.4. The van der Waals surface area contributed by atoms with Crippen LogP contribution in [-0.2, 0) is 9.53 Å². The average Bonchev–Trinajstić information content (AvgIpc) is 2.93. The molecule has 8 nitrogen and oxygen atoms in total. The summed E-state index contributed by atoms with van der Waals surface area (Å²) in [5.41, 5.74) is 0.702. The van der Waals surface area contributed by atoms with Crippen LogP contribution >= 0.6 is 0 Å². The van der Waals surface area contributed by atoms with Crippen LogP contribution in [0.15, 0.2) is 98.1 Å². The largest absolute Gasteiger partial charge is 0.493 e. The summed E-state index contributed by atoms with van der Waals surface area (Å²) in [4.78, 5) is 35.8. The number of carbonyl (C=O) groups excluding carboxylic acids is 3. The van der Waals surface area contributed by atoms with E-state index in [1.54, 1.807) is 54.6 Å². The summed E-state index contributed by atoms with van der Waals surface area (Å²) in [6.45, 7) is 7.86. The molecular formula is C29H26O8. The number of benzene rings is 3. The molecule has 3 aromatic carbocycles. The first-order chi connectivity index (χ1) is 18.0. The molecule has 3 rings (SSSR count).